The summed E-state index contributed by atoms with van der Waals surface area (Å²) in [5, 5.41) is 16.3. The summed E-state index contributed by atoms with van der Waals surface area (Å²) in [7, 11) is 0. The van der Waals surface area contributed by atoms with Crippen molar-refractivity contribution in [3.8, 4) is 5.69 Å². The van der Waals surface area contributed by atoms with Gasteiger partial charge in [-0.05, 0) is 49.4 Å². The van der Waals surface area contributed by atoms with Crippen molar-refractivity contribution in [1.82, 2.24) is 19.7 Å². The molecule has 1 aliphatic heterocycles. The van der Waals surface area contributed by atoms with E-state index in [2.05, 4.69) is 10.2 Å². The van der Waals surface area contributed by atoms with Crippen LogP contribution in [0, 0.1) is 5.92 Å². The highest BCUT2D eigenvalue weighted by Gasteiger charge is 2.24. The van der Waals surface area contributed by atoms with Crippen molar-refractivity contribution >= 4 is 11.9 Å². The number of carbonyl (C=O) groups excluding carboxylic acids is 1. The van der Waals surface area contributed by atoms with Gasteiger partial charge in [0.15, 0.2) is 0 Å². The maximum absolute atomic E-state index is 12.7. The Morgan fingerprint density at radius 3 is 2.54 bits per heavy atom. The van der Waals surface area contributed by atoms with Crippen molar-refractivity contribution in [2.45, 2.75) is 25.7 Å². The number of likely N-dealkylation sites (tertiary alicyclic amines) is 1. The van der Waals surface area contributed by atoms with Gasteiger partial charge in [-0.3, -0.25) is 14.2 Å². The maximum atomic E-state index is 12.7. The number of aromatic nitrogens is 3. The SMILES string of the molecule is O=C(O)CC[C@@H]1CCCN(C(=O)c2ccc(-n3cnnc3)cc2)C1. The van der Waals surface area contributed by atoms with Crippen molar-refractivity contribution in [2.75, 3.05) is 13.1 Å². The lowest BCUT2D eigenvalue weighted by Crippen LogP contribution is -2.40. The molecule has 0 aliphatic carbocycles. The van der Waals surface area contributed by atoms with Crippen LogP contribution in [0.25, 0.3) is 5.69 Å². The van der Waals surface area contributed by atoms with Crippen LogP contribution in [0.15, 0.2) is 36.9 Å². The molecule has 2 aromatic rings. The Morgan fingerprint density at radius 1 is 1.17 bits per heavy atom. The summed E-state index contributed by atoms with van der Waals surface area (Å²) in [6.45, 7) is 1.37. The van der Waals surface area contributed by atoms with Crippen molar-refractivity contribution in [1.29, 1.82) is 0 Å². The van der Waals surface area contributed by atoms with Crippen LogP contribution in [0.2, 0.25) is 0 Å². The molecule has 0 bridgehead atoms. The summed E-state index contributed by atoms with van der Waals surface area (Å²) in [5.74, 6) is -0.497. The van der Waals surface area contributed by atoms with E-state index in [0.29, 0.717) is 18.5 Å². The molecule has 1 N–H and O–H groups in total. The predicted octanol–water partition coefficient (Wildman–Crippen LogP) is 1.98. The molecule has 24 heavy (non-hydrogen) atoms. The first kappa shape index (κ1) is 16.2. The molecule has 126 valence electrons. The van der Waals surface area contributed by atoms with E-state index in [1.165, 1.54) is 0 Å². The zero-order valence-electron chi connectivity index (χ0n) is 13.3. The molecular formula is C17H20N4O3. The molecule has 1 amide bonds. The molecule has 0 saturated carbocycles. The molecule has 2 heterocycles. The average molecular weight is 328 g/mol. The van der Waals surface area contributed by atoms with E-state index < -0.39 is 5.97 Å². The van der Waals surface area contributed by atoms with E-state index >= 15 is 0 Å². The predicted molar refractivity (Wildman–Crippen MR) is 86.9 cm³/mol. The highest BCUT2D eigenvalue weighted by atomic mass is 16.4. The van der Waals surface area contributed by atoms with Gasteiger partial charge in [0, 0.05) is 30.8 Å². The van der Waals surface area contributed by atoms with Gasteiger partial charge in [-0.2, -0.15) is 0 Å². The number of aliphatic carboxylic acids is 1. The van der Waals surface area contributed by atoms with Crippen LogP contribution in [0.5, 0.6) is 0 Å². The number of hydrogen-bond acceptors (Lipinski definition) is 4. The number of nitrogens with zero attached hydrogens (tertiary/aromatic N) is 4. The number of carboxylic acid groups (broad SMARTS) is 1. The quantitative estimate of drug-likeness (QED) is 0.906. The summed E-state index contributed by atoms with van der Waals surface area (Å²) in [5.41, 5.74) is 1.54. The fraction of sp³-hybridized carbons (Fsp3) is 0.412. The minimum Gasteiger partial charge on any atom is -0.481 e. The third-order valence-electron chi connectivity index (χ3n) is 4.40. The van der Waals surface area contributed by atoms with Gasteiger partial charge >= 0.3 is 5.97 Å². The molecule has 3 rings (SSSR count). The molecule has 1 aromatic carbocycles. The van der Waals surface area contributed by atoms with Crippen LogP contribution < -0.4 is 0 Å². The van der Waals surface area contributed by atoms with Crippen molar-refractivity contribution in [2.24, 2.45) is 5.92 Å². The summed E-state index contributed by atoms with van der Waals surface area (Å²) < 4.78 is 1.77. The number of hydrogen-bond donors (Lipinski definition) is 1. The highest BCUT2D eigenvalue weighted by molar-refractivity contribution is 5.94. The minimum absolute atomic E-state index is 0.00494. The Labute approximate surface area is 139 Å². The minimum atomic E-state index is -0.775. The summed E-state index contributed by atoms with van der Waals surface area (Å²) >= 11 is 0. The molecule has 7 heteroatoms. The van der Waals surface area contributed by atoms with Gasteiger partial charge < -0.3 is 10.0 Å². The molecule has 1 atom stereocenters. The first-order valence-electron chi connectivity index (χ1n) is 8.09. The van der Waals surface area contributed by atoms with E-state index in [-0.39, 0.29) is 18.2 Å². The van der Waals surface area contributed by atoms with Gasteiger partial charge in [0.1, 0.15) is 12.7 Å². The molecule has 1 aliphatic rings. The molecule has 1 fully saturated rings. The van der Waals surface area contributed by atoms with Crippen molar-refractivity contribution < 1.29 is 14.7 Å². The van der Waals surface area contributed by atoms with Crippen LogP contribution in [0.3, 0.4) is 0 Å². The number of carboxylic acids is 1. The number of piperidine rings is 1. The number of carbonyl (C=O) groups is 2. The highest BCUT2D eigenvalue weighted by Crippen LogP contribution is 2.22. The molecule has 0 unspecified atom stereocenters. The molecule has 0 radical (unpaired) electrons. The zero-order chi connectivity index (χ0) is 16.9. The fourth-order valence-electron chi connectivity index (χ4n) is 3.11. The van der Waals surface area contributed by atoms with Gasteiger partial charge in [0.2, 0.25) is 0 Å². The van der Waals surface area contributed by atoms with E-state index in [0.717, 1.165) is 25.1 Å². The second-order valence-electron chi connectivity index (χ2n) is 6.11. The third-order valence-corrected chi connectivity index (χ3v) is 4.40. The Bertz CT molecular complexity index is 697. The summed E-state index contributed by atoms with van der Waals surface area (Å²) in [6.07, 6.45) is 5.92. The standard InChI is InChI=1S/C17H20N4O3/c22-16(23)8-3-13-2-1-9-20(10-13)17(24)14-4-6-15(7-5-14)21-11-18-19-12-21/h4-7,11-13H,1-3,8-10H2,(H,22,23)/t13-/m0/s1. The second kappa shape index (κ2) is 7.25. The van der Waals surface area contributed by atoms with E-state index in [1.807, 2.05) is 17.0 Å². The van der Waals surface area contributed by atoms with Crippen LogP contribution in [0.4, 0.5) is 0 Å². The number of benzene rings is 1. The fourth-order valence-corrected chi connectivity index (χ4v) is 3.11. The van der Waals surface area contributed by atoms with Crippen LogP contribution in [-0.2, 0) is 4.79 Å². The maximum Gasteiger partial charge on any atom is 0.303 e. The molecule has 1 saturated heterocycles. The van der Waals surface area contributed by atoms with Crippen molar-refractivity contribution in [3.05, 3.63) is 42.5 Å². The summed E-state index contributed by atoms with van der Waals surface area (Å²) in [6, 6.07) is 7.34. The van der Waals surface area contributed by atoms with Gasteiger partial charge in [-0.15, -0.1) is 10.2 Å². The second-order valence-corrected chi connectivity index (χ2v) is 6.11. The first-order chi connectivity index (χ1) is 11.6. The van der Waals surface area contributed by atoms with Gasteiger partial charge in [0.05, 0.1) is 0 Å². The van der Waals surface area contributed by atoms with Crippen LogP contribution in [-0.4, -0.2) is 49.7 Å². The van der Waals surface area contributed by atoms with E-state index in [1.54, 1.807) is 29.4 Å². The topological polar surface area (TPSA) is 88.3 Å². The third kappa shape index (κ3) is 3.79. The van der Waals surface area contributed by atoms with Crippen LogP contribution in [0.1, 0.15) is 36.0 Å². The monoisotopic (exact) mass is 328 g/mol. The largest absolute Gasteiger partial charge is 0.481 e. The zero-order valence-corrected chi connectivity index (χ0v) is 13.3. The lowest BCUT2D eigenvalue weighted by atomic mass is 9.93. The Kier molecular flexibility index (Phi) is 4.88. The van der Waals surface area contributed by atoms with Crippen LogP contribution >= 0.6 is 0 Å². The van der Waals surface area contributed by atoms with Crippen molar-refractivity contribution in [3.63, 3.8) is 0 Å². The number of rotatable bonds is 5. The molecular weight excluding hydrogens is 308 g/mol. The van der Waals surface area contributed by atoms with Gasteiger partial charge in [-0.1, -0.05) is 0 Å². The normalized spacial score (nSPS) is 17.7. The van der Waals surface area contributed by atoms with Gasteiger partial charge in [0.25, 0.3) is 5.91 Å². The molecule has 0 spiro atoms. The smallest absolute Gasteiger partial charge is 0.303 e. The lowest BCUT2D eigenvalue weighted by Gasteiger charge is -2.32. The molecule has 7 nitrogen and oxygen atoms in total. The van der Waals surface area contributed by atoms with E-state index in [4.69, 9.17) is 5.11 Å². The van der Waals surface area contributed by atoms with E-state index in [9.17, 15) is 9.59 Å². The molecule has 1 aromatic heterocycles. The first-order valence-corrected chi connectivity index (χ1v) is 8.09. The van der Waals surface area contributed by atoms with Gasteiger partial charge in [-0.25, -0.2) is 0 Å². The Hall–Kier alpha value is -2.70. The number of amides is 1. The summed E-state index contributed by atoms with van der Waals surface area (Å²) in [4.78, 5) is 25.2. The Balaban J connectivity index is 1.64. The average Bonchev–Trinajstić information content (AvgIpc) is 3.14. The Morgan fingerprint density at radius 2 is 1.88 bits per heavy atom. The lowest BCUT2D eigenvalue weighted by molar-refractivity contribution is -0.137.